The third-order valence-corrected chi connectivity index (χ3v) is 1.10. The van der Waals surface area contributed by atoms with E-state index >= 15 is 0 Å². The molecule has 0 radical (unpaired) electrons. The van der Waals surface area contributed by atoms with Crippen molar-refractivity contribution in [2.24, 2.45) is 0 Å². The van der Waals surface area contributed by atoms with Gasteiger partial charge in [0.2, 0.25) is 0 Å². The molecule has 0 saturated heterocycles. The summed E-state index contributed by atoms with van der Waals surface area (Å²) in [6.45, 7) is -1.33. The molecule has 11 heavy (non-hydrogen) atoms. The summed E-state index contributed by atoms with van der Waals surface area (Å²) in [6, 6.07) is 0. The van der Waals surface area contributed by atoms with Crippen molar-refractivity contribution < 1.29 is 23.0 Å². The quantitative estimate of drug-likeness (QED) is 0.647. The molecule has 0 saturated carbocycles. The highest BCUT2D eigenvalue weighted by Crippen LogP contribution is 2.09. The van der Waals surface area contributed by atoms with Gasteiger partial charge in [0.05, 0.1) is 19.9 Å². The standard InChI is InChI=1S/C6H11F3O2/c7-2-1-5(6(8)9)11-4-3-10/h5-6,10H,1-4H2. The van der Waals surface area contributed by atoms with Crippen LogP contribution in [0.3, 0.4) is 0 Å². The Hall–Kier alpha value is -0.290. The van der Waals surface area contributed by atoms with Crippen LogP contribution in [0.4, 0.5) is 13.2 Å². The number of aliphatic hydroxyl groups is 1. The summed E-state index contributed by atoms with van der Waals surface area (Å²) in [4.78, 5) is 0. The van der Waals surface area contributed by atoms with E-state index < -0.39 is 19.2 Å². The second kappa shape index (κ2) is 6.42. The number of halogens is 3. The van der Waals surface area contributed by atoms with E-state index in [1.165, 1.54) is 0 Å². The van der Waals surface area contributed by atoms with Gasteiger partial charge in [0.25, 0.3) is 6.43 Å². The lowest BCUT2D eigenvalue weighted by molar-refractivity contribution is -0.0695. The number of ether oxygens (including phenoxy) is 1. The molecule has 0 spiro atoms. The van der Waals surface area contributed by atoms with E-state index in [2.05, 4.69) is 4.74 Å². The van der Waals surface area contributed by atoms with Crippen molar-refractivity contribution in [1.29, 1.82) is 0 Å². The van der Waals surface area contributed by atoms with E-state index in [-0.39, 0.29) is 19.6 Å². The van der Waals surface area contributed by atoms with Crippen LogP contribution in [0.1, 0.15) is 6.42 Å². The molecule has 0 bridgehead atoms. The number of hydrogen-bond donors (Lipinski definition) is 1. The fourth-order valence-electron chi connectivity index (χ4n) is 0.594. The highest BCUT2D eigenvalue weighted by Gasteiger charge is 2.19. The average molecular weight is 172 g/mol. The molecule has 0 aromatic heterocycles. The van der Waals surface area contributed by atoms with E-state index in [0.717, 1.165) is 0 Å². The first-order chi connectivity index (χ1) is 5.22. The molecule has 5 heteroatoms. The van der Waals surface area contributed by atoms with Crippen LogP contribution < -0.4 is 0 Å². The molecule has 1 atom stereocenters. The average Bonchev–Trinajstić information content (AvgIpc) is 1.97. The smallest absolute Gasteiger partial charge is 0.264 e. The SMILES string of the molecule is OCCOC(CCF)C(F)F. The second-order valence-electron chi connectivity index (χ2n) is 1.94. The molecule has 1 N–H and O–H groups in total. The van der Waals surface area contributed by atoms with E-state index in [1.54, 1.807) is 0 Å². The number of rotatable bonds is 6. The van der Waals surface area contributed by atoms with Crippen LogP contribution in [0.15, 0.2) is 0 Å². The zero-order chi connectivity index (χ0) is 8.69. The first-order valence-electron chi connectivity index (χ1n) is 3.29. The fraction of sp³-hybridized carbons (Fsp3) is 1.00. The summed E-state index contributed by atoms with van der Waals surface area (Å²) in [7, 11) is 0. The summed E-state index contributed by atoms with van der Waals surface area (Å²) in [5.41, 5.74) is 0. The van der Waals surface area contributed by atoms with Gasteiger partial charge in [-0.3, -0.25) is 4.39 Å². The minimum atomic E-state index is -2.68. The minimum Gasteiger partial charge on any atom is -0.394 e. The molecule has 0 fully saturated rings. The molecule has 0 aromatic carbocycles. The maximum absolute atomic E-state index is 11.8. The fourth-order valence-corrected chi connectivity index (χ4v) is 0.594. The van der Waals surface area contributed by atoms with Gasteiger partial charge in [-0.1, -0.05) is 0 Å². The Balaban J connectivity index is 3.51. The largest absolute Gasteiger partial charge is 0.394 e. The molecule has 0 rings (SSSR count). The van der Waals surface area contributed by atoms with E-state index in [4.69, 9.17) is 5.11 Å². The second-order valence-corrected chi connectivity index (χ2v) is 1.94. The van der Waals surface area contributed by atoms with Gasteiger partial charge in [0, 0.05) is 6.42 Å². The van der Waals surface area contributed by atoms with Crippen LogP contribution in [0.25, 0.3) is 0 Å². The molecule has 0 heterocycles. The summed E-state index contributed by atoms with van der Waals surface area (Å²) in [5, 5.41) is 8.20. The third-order valence-electron chi connectivity index (χ3n) is 1.10. The Morgan fingerprint density at radius 2 is 2.00 bits per heavy atom. The van der Waals surface area contributed by atoms with Crippen molar-refractivity contribution >= 4 is 0 Å². The van der Waals surface area contributed by atoms with Gasteiger partial charge in [-0.15, -0.1) is 0 Å². The van der Waals surface area contributed by atoms with Crippen molar-refractivity contribution in [1.82, 2.24) is 0 Å². The Kier molecular flexibility index (Phi) is 6.25. The van der Waals surface area contributed by atoms with Gasteiger partial charge in [0.1, 0.15) is 6.10 Å². The lowest BCUT2D eigenvalue weighted by Crippen LogP contribution is -2.24. The van der Waals surface area contributed by atoms with E-state index in [9.17, 15) is 13.2 Å². The molecule has 68 valence electrons. The number of aliphatic hydroxyl groups excluding tert-OH is 1. The normalized spacial score (nSPS) is 13.9. The lowest BCUT2D eigenvalue weighted by atomic mass is 10.3. The molecular formula is C6H11F3O2. The van der Waals surface area contributed by atoms with Crippen LogP contribution in [-0.4, -0.2) is 37.5 Å². The van der Waals surface area contributed by atoms with Gasteiger partial charge >= 0.3 is 0 Å². The minimum absolute atomic E-state index is 0.172. The van der Waals surface area contributed by atoms with Crippen molar-refractivity contribution in [2.75, 3.05) is 19.9 Å². The summed E-state index contributed by atoms with van der Waals surface area (Å²) >= 11 is 0. The zero-order valence-corrected chi connectivity index (χ0v) is 5.97. The van der Waals surface area contributed by atoms with Gasteiger partial charge in [-0.05, 0) is 0 Å². The van der Waals surface area contributed by atoms with Crippen LogP contribution in [-0.2, 0) is 4.74 Å². The van der Waals surface area contributed by atoms with Gasteiger partial charge in [0.15, 0.2) is 0 Å². The van der Waals surface area contributed by atoms with Crippen LogP contribution in [0.5, 0.6) is 0 Å². The van der Waals surface area contributed by atoms with Crippen molar-refractivity contribution in [3.05, 3.63) is 0 Å². The Morgan fingerprint density at radius 3 is 2.36 bits per heavy atom. The highest BCUT2D eigenvalue weighted by atomic mass is 19.3. The Labute approximate surface area is 63.0 Å². The first-order valence-corrected chi connectivity index (χ1v) is 3.29. The highest BCUT2D eigenvalue weighted by molar-refractivity contribution is 4.59. The third kappa shape index (κ3) is 5.03. The monoisotopic (exact) mass is 172 g/mol. The predicted octanol–water partition coefficient (Wildman–Crippen LogP) is 0.989. The summed E-state index contributed by atoms with van der Waals surface area (Å²) in [6.07, 6.45) is -4.39. The zero-order valence-electron chi connectivity index (χ0n) is 5.97. The molecule has 1 unspecified atom stereocenters. The summed E-state index contributed by atoms with van der Waals surface area (Å²) in [5.74, 6) is 0. The summed E-state index contributed by atoms with van der Waals surface area (Å²) < 4.78 is 39.7. The maximum Gasteiger partial charge on any atom is 0.264 e. The molecule has 2 nitrogen and oxygen atoms in total. The van der Waals surface area contributed by atoms with E-state index in [0.29, 0.717) is 0 Å². The van der Waals surface area contributed by atoms with E-state index in [1.807, 2.05) is 0 Å². The Morgan fingerprint density at radius 1 is 1.36 bits per heavy atom. The molecular weight excluding hydrogens is 161 g/mol. The van der Waals surface area contributed by atoms with Crippen molar-refractivity contribution in [2.45, 2.75) is 19.0 Å². The van der Waals surface area contributed by atoms with Crippen LogP contribution in [0.2, 0.25) is 0 Å². The number of alkyl halides is 3. The topological polar surface area (TPSA) is 29.5 Å². The predicted molar refractivity (Wildman–Crippen MR) is 33.4 cm³/mol. The lowest BCUT2D eigenvalue weighted by Gasteiger charge is -2.13. The maximum atomic E-state index is 11.8. The van der Waals surface area contributed by atoms with Gasteiger partial charge in [-0.25, -0.2) is 8.78 Å². The molecule has 0 aliphatic carbocycles. The van der Waals surface area contributed by atoms with Crippen LogP contribution >= 0.6 is 0 Å². The van der Waals surface area contributed by atoms with Crippen molar-refractivity contribution in [3.63, 3.8) is 0 Å². The number of hydrogen-bond acceptors (Lipinski definition) is 2. The van der Waals surface area contributed by atoms with Gasteiger partial charge in [-0.2, -0.15) is 0 Å². The molecule has 0 amide bonds. The molecule has 0 aliphatic heterocycles. The molecule has 0 aromatic rings. The first kappa shape index (κ1) is 10.7. The Bertz CT molecular complexity index is 89.9. The van der Waals surface area contributed by atoms with Crippen LogP contribution in [0, 0.1) is 0 Å². The van der Waals surface area contributed by atoms with Crippen molar-refractivity contribution in [3.8, 4) is 0 Å². The molecule has 0 aliphatic rings. The van der Waals surface area contributed by atoms with Gasteiger partial charge < -0.3 is 9.84 Å².